The highest BCUT2D eigenvalue weighted by Gasteiger charge is 1.88. The quantitative estimate of drug-likeness (QED) is 0.301. The van der Waals surface area contributed by atoms with Gasteiger partial charge in [0.1, 0.15) is 0 Å². The molecule has 0 bridgehead atoms. The lowest BCUT2D eigenvalue weighted by Gasteiger charge is -1.91. The molecule has 1 aromatic carbocycles. The molecule has 6 heteroatoms. The second-order valence-electron chi connectivity index (χ2n) is 2.43. The summed E-state index contributed by atoms with van der Waals surface area (Å²) in [4.78, 5) is 5.24. The zero-order valence-corrected chi connectivity index (χ0v) is 7.70. The standard InChI is InChI=1S/C9H6N6/c10-14-12-6-2-4-8-3-1-5-9(7-8)13-15-11/h1,3,5,7H,6H2. The molecular weight excluding hydrogens is 192 g/mol. The molecule has 15 heavy (non-hydrogen) atoms. The summed E-state index contributed by atoms with van der Waals surface area (Å²) in [5.74, 6) is 5.45. The third-order valence-corrected chi connectivity index (χ3v) is 1.45. The molecule has 72 valence electrons. The van der Waals surface area contributed by atoms with E-state index in [0.29, 0.717) is 11.3 Å². The molecule has 0 N–H and O–H groups in total. The van der Waals surface area contributed by atoms with Crippen molar-refractivity contribution in [2.24, 2.45) is 10.2 Å². The summed E-state index contributed by atoms with van der Waals surface area (Å²) < 4.78 is 0. The molecular formula is C9H6N6. The van der Waals surface area contributed by atoms with Crippen molar-refractivity contribution in [3.8, 4) is 11.8 Å². The van der Waals surface area contributed by atoms with Gasteiger partial charge in [-0.3, -0.25) is 0 Å². The molecule has 0 aliphatic carbocycles. The molecule has 0 aliphatic rings. The first-order chi connectivity index (χ1) is 7.36. The number of benzene rings is 1. The molecule has 0 saturated carbocycles. The molecule has 0 heterocycles. The summed E-state index contributed by atoms with van der Waals surface area (Å²) in [6, 6.07) is 6.85. The first-order valence-electron chi connectivity index (χ1n) is 4.01. The maximum Gasteiger partial charge on any atom is 0.0880 e. The Hall–Kier alpha value is -2.60. The van der Waals surface area contributed by atoms with E-state index in [-0.39, 0.29) is 6.54 Å². The lowest BCUT2D eigenvalue weighted by molar-refractivity contribution is 1.25. The number of azide groups is 2. The summed E-state index contributed by atoms with van der Waals surface area (Å²) in [5, 5.41) is 6.71. The van der Waals surface area contributed by atoms with Crippen LogP contribution in [0.15, 0.2) is 34.5 Å². The SMILES string of the molecule is [N-]=[N+]=NCC#Cc1cccc(N=[N+]=[N-])c1. The maximum atomic E-state index is 8.22. The van der Waals surface area contributed by atoms with Crippen molar-refractivity contribution < 1.29 is 0 Å². The minimum absolute atomic E-state index is 0.127. The minimum atomic E-state index is 0.127. The third kappa shape index (κ3) is 3.75. The fourth-order valence-corrected chi connectivity index (χ4v) is 0.906. The normalized spacial score (nSPS) is 7.73. The molecule has 6 nitrogen and oxygen atoms in total. The first kappa shape index (κ1) is 10.5. The summed E-state index contributed by atoms with van der Waals surface area (Å²) in [5.41, 5.74) is 17.5. The van der Waals surface area contributed by atoms with Crippen molar-refractivity contribution in [2.45, 2.75) is 0 Å². The van der Waals surface area contributed by atoms with Crippen LogP contribution in [0, 0.1) is 11.8 Å². The number of hydrogen-bond acceptors (Lipinski definition) is 2. The molecule has 0 saturated heterocycles. The van der Waals surface area contributed by atoms with E-state index in [4.69, 9.17) is 11.1 Å². The van der Waals surface area contributed by atoms with Gasteiger partial charge in [-0.25, -0.2) is 0 Å². The average Bonchev–Trinajstić information content (AvgIpc) is 2.26. The smallest absolute Gasteiger partial charge is 0.0880 e. The van der Waals surface area contributed by atoms with Crippen LogP contribution in [0.3, 0.4) is 0 Å². The van der Waals surface area contributed by atoms with Gasteiger partial charge in [-0.2, -0.15) is 0 Å². The fourth-order valence-electron chi connectivity index (χ4n) is 0.906. The molecule has 0 atom stereocenters. The van der Waals surface area contributed by atoms with Gasteiger partial charge < -0.3 is 0 Å². The number of nitrogens with zero attached hydrogens (tertiary/aromatic N) is 6. The van der Waals surface area contributed by atoms with Gasteiger partial charge in [0, 0.05) is 21.1 Å². The Kier molecular flexibility index (Phi) is 4.15. The minimum Gasteiger partial charge on any atom is -0.0919 e. The third-order valence-electron chi connectivity index (χ3n) is 1.45. The summed E-state index contributed by atoms with van der Waals surface area (Å²) >= 11 is 0. The van der Waals surface area contributed by atoms with Crippen molar-refractivity contribution in [3.63, 3.8) is 0 Å². The van der Waals surface area contributed by atoms with Gasteiger partial charge in [0.15, 0.2) is 0 Å². The summed E-state index contributed by atoms with van der Waals surface area (Å²) in [6.45, 7) is 0.127. The molecule has 0 fully saturated rings. The van der Waals surface area contributed by atoms with Crippen molar-refractivity contribution in [1.82, 2.24) is 0 Å². The molecule has 0 spiro atoms. The molecule has 1 rings (SSSR count). The van der Waals surface area contributed by atoms with E-state index in [1.165, 1.54) is 0 Å². The topological polar surface area (TPSA) is 97.5 Å². The summed E-state index contributed by atoms with van der Waals surface area (Å²) in [7, 11) is 0. The second-order valence-corrected chi connectivity index (χ2v) is 2.43. The predicted molar refractivity (Wildman–Crippen MR) is 56.1 cm³/mol. The predicted octanol–water partition coefficient (Wildman–Crippen LogP) is 3.29. The van der Waals surface area contributed by atoms with Gasteiger partial charge >= 0.3 is 0 Å². The Morgan fingerprint density at radius 3 is 2.87 bits per heavy atom. The van der Waals surface area contributed by atoms with Gasteiger partial charge in [0.25, 0.3) is 0 Å². The second kappa shape index (κ2) is 5.95. The van der Waals surface area contributed by atoms with E-state index in [2.05, 4.69) is 31.9 Å². The van der Waals surface area contributed by atoms with Crippen LogP contribution >= 0.6 is 0 Å². The Morgan fingerprint density at radius 2 is 2.13 bits per heavy atom. The first-order valence-corrected chi connectivity index (χ1v) is 4.01. The van der Waals surface area contributed by atoms with E-state index < -0.39 is 0 Å². The highest BCUT2D eigenvalue weighted by atomic mass is 15.1. The van der Waals surface area contributed by atoms with Crippen molar-refractivity contribution in [1.29, 1.82) is 0 Å². The van der Waals surface area contributed by atoms with Crippen LogP contribution in [0.4, 0.5) is 5.69 Å². The molecule has 0 aliphatic heterocycles. The summed E-state index contributed by atoms with van der Waals surface area (Å²) in [6.07, 6.45) is 0. The zero-order valence-electron chi connectivity index (χ0n) is 7.70. The Morgan fingerprint density at radius 1 is 1.27 bits per heavy atom. The van der Waals surface area contributed by atoms with Crippen molar-refractivity contribution >= 4 is 5.69 Å². The van der Waals surface area contributed by atoms with Gasteiger partial charge in [-0.05, 0) is 23.2 Å². The van der Waals surface area contributed by atoms with Crippen LogP contribution in [-0.4, -0.2) is 6.54 Å². The zero-order chi connectivity index (χ0) is 10.9. The van der Waals surface area contributed by atoms with Crippen LogP contribution in [0.5, 0.6) is 0 Å². The number of rotatable bonds is 2. The molecule has 0 amide bonds. The van der Waals surface area contributed by atoms with Gasteiger partial charge in [-0.15, -0.1) is 0 Å². The maximum absolute atomic E-state index is 8.22. The van der Waals surface area contributed by atoms with E-state index in [9.17, 15) is 0 Å². The molecule has 0 radical (unpaired) electrons. The highest BCUT2D eigenvalue weighted by Crippen LogP contribution is 2.13. The lowest BCUT2D eigenvalue weighted by Crippen LogP contribution is -1.74. The van der Waals surface area contributed by atoms with Gasteiger partial charge in [0.2, 0.25) is 0 Å². The van der Waals surface area contributed by atoms with E-state index >= 15 is 0 Å². The average molecular weight is 198 g/mol. The van der Waals surface area contributed by atoms with Crippen molar-refractivity contribution in [3.05, 3.63) is 50.7 Å². The van der Waals surface area contributed by atoms with Crippen LogP contribution < -0.4 is 0 Å². The van der Waals surface area contributed by atoms with E-state index in [1.807, 2.05) is 0 Å². The Bertz CT molecular complexity index is 497. The van der Waals surface area contributed by atoms with Crippen molar-refractivity contribution in [2.75, 3.05) is 6.54 Å². The Labute approximate surface area is 85.8 Å². The fraction of sp³-hybridized carbons (Fsp3) is 0.111. The van der Waals surface area contributed by atoms with E-state index in [0.717, 1.165) is 0 Å². The van der Waals surface area contributed by atoms with Gasteiger partial charge in [0.05, 0.1) is 6.54 Å². The molecule has 0 aromatic heterocycles. The monoisotopic (exact) mass is 198 g/mol. The molecule has 1 aromatic rings. The van der Waals surface area contributed by atoms with Crippen LogP contribution in [0.25, 0.3) is 20.9 Å². The highest BCUT2D eigenvalue weighted by molar-refractivity contribution is 5.46. The Balaban J connectivity index is 2.84. The lowest BCUT2D eigenvalue weighted by atomic mass is 10.2. The van der Waals surface area contributed by atoms with Crippen LogP contribution in [-0.2, 0) is 0 Å². The van der Waals surface area contributed by atoms with E-state index in [1.54, 1.807) is 24.3 Å². The largest absolute Gasteiger partial charge is 0.0919 e. The van der Waals surface area contributed by atoms with Crippen LogP contribution in [0.1, 0.15) is 5.56 Å². The van der Waals surface area contributed by atoms with Gasteiger partial charge in [-0.1, -0.05) is 34.2 Å². The number of hydrogen-bond donors (Lipinski definition) is 0. The van der Waals surface area contributed by atoms with Crippen LogP contribution in [0.2, 0.25) is 0 Å². The molecule has 0 unspecified atom stereocenters.